The summed E-state index contributed by atoms with van der Waals surface area (Å²) < 4.78 is 0. The van der Waals surface area contributed by atoms with E-state index in [1.165, 1.54) is 58.0 Å². The monoisotopic (exact) mass is 248 g/mol. The summed E-state index contributed by atoms with van der Waals surface area (Å²) in [5.41, 5.74) is 0. The van der Waals surface area contributed by atoms with Crippen LogP contribution in [0.3, 0.4) is 0 Å². The van der Waals surface area contributed by atoms with E-state index < -0.39 is 0 Å². The number of fused-ring (bicyclic) bond motifs is 6. The van der Waals surface area contributed by atoms with Crippen LogP contribution in [-0.4, -0.2) is 47.4 Å². The van der Waals surface area contributed by atoms with Gasteiger partial charge in [-0.05, 0) is 51.0 Å². The Bertz CT molecular complexity index is 354. The van der Waals surface area contributed by atoms with E-state index in [2.05, 4.69) is 9.80 Å². The third-order valence-electron chi connectivity index (χ3n) is 5.85. The molecule has 2 unspecified atom stereocenters. The van der Waals surface area contributed by atoms with Crippen LogP contribution >= 0.6 is 0 Å². The lowest BCUT2D eigenvalue weighted by atomic mass is 9.70. The first-order chi connectivity index (χ1) is 8.84. The van der Waals surface area contributed by atoms with Crippen molar-refractivity contribution in [1.29, 1.82) is 0 Å². The molecule has 3 nitrogen and oxygen atoms in total. The molecule has 4 heterocycles. The van der Waals surface area contributed by atoms with Crippen LogP contribution in [0.5, 0.6) is 0 Å². The van der Waals surface area contributed by atoms with Crippen LogP contribution in [0.1, 0.15) is 44.9 Å². The zero-order valence-corrected chi connectivity index (χ0v) is 11.2. The van der Waals surface area contributed by atoms with Crippen molar-refractivity contribution in [2.45, 2.75) is 57.0 Å². The average molecular weight is 248 g/mol. The molecule has 4 atom stereocenters. The van der Waals surface area contributed by atoms with Crippen LogP contribution in [0.2, 0.25) is 0 Å². The lowest BCUT2D eigenvalue weighted by Crippen LogP contribution is -2.65. The van der Waals surface area contributed by atoms with Crippen molar-refractivity contribution >= 4 is 5.91 Å². The maximum Gasteiger partial charge on any atom is 0.227 e. The second-order valence-electron chi connectivity index (χ2n) is 6.76. The zero-order chi connectivity index (χ0) is 12.1. The molecule has 0 aromatic carbocycles. The van der Waals surface area contributed by atoms with Gasteiger partial charge in [0.2, 0.25) is 5.91 Å². The first-order valence-corrected chi connectivity index (χ1v) is 7.89. The van der Waals surface area contributed by atoms with Gasteiger partial charge in [0.05, 0.1) is 5.92 Å². The van der Waals surface area contributed by atoms with Crippen LogP contribution in [0, 0.1) is 11.8 Å². The second-order valence-corrected chi connectivity index (χ2v) is 6.76. The van der Waals surface area contributed by atoms with Crippen molar-refractivity contribution < 1.29 is 4.79 Å². The van der Waals surface area contributed by atoms with E-state index in [4.69, 9.17) is 0 Å². The molecular weight excluding hydrogens is 224 g/mol. The highest BCUT2D eigenvalue weighted by atomic mass is 16.2. The molecule has 0 spiro atoms. The summed E-state index contributed by atoms with van der Waals surface area (Å²) in [5, 5.41) is 0. The van der Waals surface area contributed by atoms with Crippen LogP contribution in [0.25, 0.3) is 0 Å². The van der Waals surface area contributed by atoms with Crippen LogP contribution in [0.4, 0.5) is 0 Å². The summed E-state index contributed by atoms with van der Waals surface area (Å²) in [7, 11) is 0. The molecule has 4 saturated heterocycles. The molecule has 4 aliphatic heterocycles. The van der Waals surface area contributed by atoms with Gasteiger partial charge in [-0.1, -0.05) is 6.42 Å². The van der Waals surface area contributed by atoms with Crippen molar-refractivity contribution in [3.05, 3.63) is 0 Å². The van der Waals surface area contributed by atoms with E-state index in [-0.39, 0.29) is 0 Å². The molecule has 18 heavy (non-hydrogen) atoms. The number of hydrogen-bond donors (Lipinski definition) is 0. The number of carbonyl (C=O) groups excluding carboxylic acids is 1. The first kappa shape index (κ1) is 11.3. The predicted octanol–water partition coefficient (Wildman–Crippen LogP) is 1.87. The number of hydrogen-bond acceptors (Lipinski definition) is 2. The van der Waals surface area contributed by atoms with Gasteiger partial charge in [0.1, 0.15) is 0 Å². The van der Waals surface area contributed by atoms with E-state index in [0.29, 0.717) is 23.9 Å². The maximum atomic E-state index is 12.7. The minimum absolute atomic E-state index is 0.346. The highest BCUT2D eigenvalue weighted by molar-refractivity contribution is 5.81. The van der Waals surface area contributed by atoms with Crippen LogP contribution in [0.15, 0.2) is 0 Å². The molecule has 1 amide bonds. The molecule has 4 fully saturated rings. The fraction of sp³-hybridized carbons (Fsp3) is 0.933. The molecule has 0 radical (unpaired) electrons. The molecule has 3 heteroatoms. The fourth-order valence-electron chi connectivity index (χ4n) is 5.04. The number of carbonyl (C=O) groups is 1. The summed E-state index contributed by atoms with van der Waals surface area (Å²) in [6.07, 6.45) is 8.97. The van der Waals surface area contributed by atoms with E-state index >= 15 is 0 Å². The quantitative estimate of drug-likeness (QED) is 0.653. The Hall–Kier alpha value is -0.570. The van der Waals surface area contributed by atoms with Gasteiger partial charge in [0.25, 0.3) is 0 Å². The number of piperidine rings is 4. The predicted molar refractivity (Wildman–Crippen MR) is 70.2 cm³/mol. The summed E-state index contributed by atoms with van der Waals surface area (Å²) in [4.78, 5) is 17.7. The summed E-state index contributed by atoms with van der Waals surface area (Å²) in [6.45, 7) is 3.57. The Balaban J connectivity index is 1.63. The van der Waals surface area contributed by atoms with Gasteiger partial charge < -0.3 is 4.90 Å². The van der Waals surface area contributed by atoms with E-state index in [1.807, 2.05) is 0 Å². The Morgan fingerprint density at radius 1 is 0.944 bits per heavy atom. The lowest BCUT2D eigenvalue weighted by Gasteiger charge is -2.56. The SMILES string of the molecule is O=C1C2CC(CN3CCCC[C@@H]23)[C@@H]2CCCCN12. The Morgan fingerprint density at radius 2 is 1.72 bits per heavy atom. The van der Waals surface area contributed by atoms with Crippen LogP contribution < -0.4 is 0 Å². The van der Waals surface area contributed by atoms with Crippen molar-refractivity contribution in [3.63, 3.8) is 0 Å². The molecule has 4 rings (SSSR count). The van der Waals surface area contributed by atoms with E-state index in [1.54, 1.807) is 0 Å². The first-order valence-electron chi connectivity index (χ1n) is 7.89. The number of nitrogens with zero attached hydrogens (tertiary/aromatic N) is 2. The molecule has 0 N–H and O–H groups in total. The number of amides is 1. The summed E-state index contributed by atoms with van der Waals surface area (Å²) in [5.74, 6) is 1.63. The zero-order valence-electron chi connectivity index (χ0n) is 11.2. The van der Waals surface area contributed by atoms with Crippen molar-refractivity contribution in [2.75, 3.05) is 19.6 Å². The summed E-state index contributed by atoms with van der Waals surface area (Å²) >= 11 is 0. The van der Waals surface area contributed by atoms with Gasteiger partial charge in [-0.3, -0.25) is 9.69 Å². The maximum absolute atomic E-state index is 12.7. The van der Waals surface area contributed by atoms with Crippen molar-refractivity contribution in [1.82, 2.24) is 9.80 Å². The fourth-order valence-corrected chi connectivity index (χ4v) is 5.04. The van der Waals surface area contributed by atoms with Gasteiger partial charge in [-0.25, -0.2) is 0 Å². The summed E-state index contributed by atoms with van der Waals surface area (Å²) in [6, 6.07) is 1.18. The van der Waals surface area contributed by atoms with E-state index in [9.17, 15) is 4.79 Å². The Labute approximate surface area is 110 Å². The highest BCUT2D eigenvalue weighted by Crippen LogP contribution is 2.43. The van der Waals surface area contributed by atoms with Crippen LogP contribution in [-0.2, 0) is 4.79 Å². The highest BCUT2D eigenvalue weighted by Gasteiger charge is 2.50. The van der Waals surface area contributed by atoms with E-state index in [0.717, 1.165) is 12.5 Å². The topological polar surface area (TPSA) is 23.6 Å². The minimum Gasteiger partial charge on any atom is -0.339 e. The van der Waals surface area contributed by atoms with Gasteiger partial charge in [0, 0.05) is 25.2 Å². The van der Waals surface area contributed by atoms with Gasteiger partial charge in [-0.15, -0.1) is 0 Å². The van der Waals surface area contributed by atoms with Gasteiger partial charge in [0.15, 0.2) is 0 Å². The van der Waals surface area contributed by atoms with Crippen molar-refractivity contribution in [2.24, 2.45) is 11.8 Å². The normalized spacial score (nSPS) is 44.4. The van der Waals surface area contributed by atoms with Gasteiger partial charge >= 0.3 is 0 Å². The standard InChI is InChI=1S/C15H24N2O/c18-15-12-9-11(13-5-2-4-8-17(13)15)10-16-7-3-1-6-14(12)16/h11-14H,1-10H2/t11?,12?,13-,14-/m0/s1. The molecular formula is C15H24N2O. The molecule has 100 valence electrons. The Kier molecular flexibility index (Phi) is 2.65. The molecule has 0 aromatic rings. The molecule has 4 aliphatic rings. The molecule has 0 saturated carbocycles. The molecule has 0 aliphatic carbocycles. The Morgan fingerprint density at radius 3 is 2.61 bits per heavy atom. The number of rotatable bonds is 0. The second kappa shape index (κ2) is 4.22. The molecule has 0 aromatic heterocycles. The smallest absolute Gasteiger partial charge is 0.227 e. The van der Waals surface area contributed by atoms with Gasteiger partial charge in [-0.2, -0.15) is 0 Å². The minimum atomic E-state index is 0.346. The lowest BCUT2D eigenvalue weighted by molar-refractivity contribution is -0.158. The largest absolute Gasteiger partial charge is 0.339 e. The third kappa shape index (κ3) is 1.56. The average Bonchev–Trinajstić information content (AvgIpc) is 2.44. The third-order valence-corrected chi connectivity index (χ3v) is 5.85. The molecule has 2 bridgehead atoms. The van der Waals surface area contributed by atoms with Crippen molar-refractivity contribution in [3.8, 4) is 0 Å².